The second-order valence-electron chi connectivity index (χ2n) is 3.21. The molecule has 0 aliphatic carbocycles. The third-order valence-corrected chi connectivity index (χ3v) is 2.78. The molecule has 0 radical (unpaired) electrons. The summed E-state index contributed by atoms with van der Waals surface area (Å²) >= 11 is 1.39. The molecule has 5 heteroatoms. The Bertz CT molecular complexity index is 595. The van der Waals surface area contributed by atoms with Crippen LogP contribution in [0.4, 0.5) is 5.69 Å². The van der Waals surface area contributed by atoms with Crippen molar-refractivity contribution in [3.05, 3.63) is 36.5 Å². The number of aromatic nitrogens is 1. The van der Waals surface area contributed by atoms with E-state index >= 15 is 0 Å². The van der Waals surface area contributed by atoms with E-state index in [2.05, 4.69) is 15.3 Å². The quantitative estimate of drug-likeness (QED) is 0.361. The minimum atomic E-state index is 0.573. The number of benzene rings is 1. The first-order valence-electron chi connectivity index (χ1n) is 4.96. The molecule has 0 spiro atoms. The summed E-state index contributed by atoms with van der Waals surface area (Å²) in [6.45, 7) is 0. The molecule has 1 aromatic heterocycles. The average Bonchev–Trinajstić information content (AvgIpc) is 2.38. The van der Waals surface area contributed by atoms with Crippen LogP contribution in [-0.2, 0) is 0 Å². The molecule has 0 saturated carbocycles. The summed E-state index contributed by atoms with van der Waals surface area (Å²) < 4.78 is 0. The highest BCUT2D eigenvalue weighted by atomic mass is 32.2. The number of nitriles is 1. The molecule has 0 aliphatic heterocycles. The number of aliphatic imine (C=N–C) groups is 1. The Morgan fingerprint density at radius 2 is 2.29 bits per heavy atom. The van der Waals surface area contributed by atoms with Gasteiger partial charge in [-0.1, -0.05) is 17.8 Å². The van der Waals surface area contributed by atoms with Gasteiger partial charge in [0.05, 0.1) is 11.2 Å². The van der Waals surface area contributed by atoms with Crippen molar-refractivity contribution in [3.63, 3.8) is 0 Å². The van der Waals surface area contributed by atoms with Crippen LogP contribution in [-0.4, -0.2) is 16.4 Å². The SMILES string of the molecule is CSC(=Nc1cccc2ncccc12)NC#N. The standard InChI is InChI=1S/C12H10N4S/c1-17-12(15-8-13)16-11-6-2-5-10-9(11)4-3-7-14-10/h2-7H,1H3,(H,15,16). The molecule has 2 aromatic rings. The highest BCUT2D eigenvalue weighted by molar-refractivity contribution is 8.13. The van der Waals surface area contributed by atoms with E-state index < -0.39 is 0 Å². The van der Waals surface area contributed by atoms with Crippen molar-refractivity contribution in [1.29, 1.82) is 5.26 Å². The van der Waals surface area contributed by atoms with Gasteiger partial charge < -0.3 is 0 Å². The number of fused-ring (bicyclic) bond motifs is 1. The van der Waals surface area contributed by atoms with Crippen LogP contribution >= 0.6 is 11.8 Å². The van der Waals surface area contributed by atoms with Gasteiger partial charge in [-0.3, -0.25) is 10.3 Å². The molecule has 2 rings (SSSR count). The van der Waals surface area contributed by atoms with E-state index in [1.54, 1.807) is 6.20 Å². The topological polar surface area (TPSA) is 61.1 Å². The summed E-state index contributed by atoms with van der Waals surface area (Å²) in [7, 11) is 0. The van der Waals surface area contributed by atoms with Gasteiger partial charge >= 0.3 is 0 Å². The van der Waals surface area contributed by atoms with E-state index in [9.17, 15) is 0 Å². The molecular formula is C12H10N4S. The van der Waals surface area contributed by atoms with Gasteiger partial charge in [0, 0.05) is 11.6 Å². The van der Waals surface area contributed by atoms with Gasteiger partial charge in [-0.25, -0.2) is 4.99 Å². The fourth-order valence-corrected chi connectivity index (χ4v) is 1.80. The molecule has 4 nitrogen and oxygen atoms in total. The van der Waals surface area contributed by atoms with E-state index in [4.69, 9.17) is 5.26 Å². The molecule has 0 unspecified atom stereocenters. The number of nitrogens with zero attached hydrogens (tertiary/aromatic N) is 3. The van der Waals surface area contributed by atoms with E-state index in [0.29, 0.717) is 5.17 Å². The Morgan fingerprint density at radius 3 is 3.06 bits per heavy atom. The zero-order valence-corrected chi connectivity index (χ0v) is 10.0. The molecule has 1 aromatic carbocycles. The summed E-state index contributed by atoms with van der Waals surface area (Å²) in [5.41, 5.74) is 1.70. The average molecular weight is 242 g/mol. The fourth-order valence-electron chi connectivity index (χ4n) is 1.47. The lowest BCUT2D eigenvalue weighted by Crippen LogP contribution is -2.12. The van der Waals surface area contributed by atoms with Crippen molar-refractivity contribution < 1.29 is 0 Å². The Kier molecular flexibility index (Phi) is 3.58. The number of hydrogen-bond donors (Lipinski definition) is 1. The summed E-state index contributed by atoms with van der Waals surface area (Å²) in [6, 6.07) is 9.58. The highest BCUT2D eigenvalue weighted by Crippen LogP contribution is 2.24. The maximum atomic E-state index is 8.59. The lowest BCUT2D eigenvalue weighted by Gasteiger charge is -2.03. The summed E-state index contributed by atoms with van der Waals surface area (Å²) in [5.74, 6) is 0. The molecule has 0 amide bonds. The maximum absolute atomic E-state index is 8.59. The van der Waals surface area contributed by atoms with Crippen LogP contribution < -0.4 is 5.32 Å². The number of thioether (sulfide) groups is 1. The van der Waals surface area contributed by atoms with Crippen LogP contribution in [0.5, 0.6) is 0 Å². The third kappa shape index (κ3) is 2.55. The zero-order chi connectivity index (χ0) is 12.1. The molecule has 17 heavy (non-hydrogen) atoms. The molecule has 0 saturated heterocycles. The first-order chi connectivity index (χ1) is 8.35. The van der Waals surface area contributed by atoms with Gasteiger partial charge in [-0.05, 0) is 30.5 Å². The largest absolute Gasteiger partial charge is 0.271 e. The number of amidine groups is 1. The van der Waals surface area contributed by atoms with Gasteiger partial charge in [0.25, 0.3) is 0 Å². The molecule has 0 fully saturated rings. The van der Waals surface area contributed by atoms with Crippen molar-refractivity contribution in [1.82, 2.24) is 10.3 Å². The number of nitrogens with one attached hydrogen (secondary N) is 1. The van der Waals surface area contributed by atoms with Crippen LogP contribution in [0.2, 0.25) is 0 Å². The van der Waals surface area contributed by atoms with Gasteiger partial charge in [-0.15, -0.1) is 0 Å². The van der Waals surface area contributed by atoms with Crippen LogP contribution in [0.25, 0.3) is 10.9 Å². The van der Waals surface area contributed by atoms with Gasteiger partial charge in [0.1, 0.15) is 0 Å². The molecule has 0 aliphatic rings. The molecule has 0 bridgehead atoms. The molecule has 1 N–H and O–H groups in total. The fraction of sp³-hybridized carbons (Fsp3) is 0.0833. The van der Waals surface area contributed by atoms with Crippen molar-refractivity contribution in [2.24, 2.45) is 4.99 Å². The van der Waals surface area contributed by atoms with Crippen LogP contribution in [0, 0.1) is 11.5 Å². The predicted octanol–water partition coefficient (Wildman–Crippen LogP) is 2.66. The zero-order valence-electron chi connectivity index (χ0n) is 9.21. The second-order valence-corrected chi connectivity index (χ2v) is 4.00. The van der Waals surface area contributed by atoms with Crippen molar-refractivity contribution >= 4 is 33.5 Å². The van der Waals surface area contributed by atoms with Crippen LogP contribution in [0.1, 0.15) is 0 Å². The van der Waals surface area contributed by atoms with Crippen LogP contribution in [0.15, 0.2) is 41.5 Å². The molecule has 84 valence electrons. The first kappa shape index (κ1) is 11.4. The van der Waals surface area contributed by atoms with Gasteiger partial charge in [0.2, 0.25) is 0 Å². The highest BCUT2D eigenvalue weighted by Gasteiger charge is 2.01. The summed E-state index contributed by atoms with van der Waals surface area (Å²) in [5, 5.41) is 12.7. The lowest BCUT2D eigenvalue weighted by atomic mass is 10.2. The van der Waals surface area contributed by atoms with Crippen molar-refractivity contribution in [2.45, 2.75) is 0 Å². The minimum Gasteiger partial charge on any atom is -0.271 e. The molecule has 1 heterocycles. The number of hydrogen-bond acceptors (Lipinski definition) is 4. The van der Waals surface area contributed by atoms with Gasteiger partial charge in [0.15, 0.2) is 11.4 Å². The van der Waals surface area contributed by atoms with E-state index in [1.165, 1.54) is 11.8 Å². The lowest BCUT2D eigenvalue weighted by molar-refractivity contribution is 1.28. The number of pyridine rings is 1. The van der Waals surface area contributed by atoms with Crippen molar-refractivity contribution in [3.8, 4) is 6.19 Å². The Morgan fingerprint density at radius 1 is 1.41 bits per heavy atom. The first-order valence-corrected chi connectivity index (χ1v) is 6.19. The minimum absolute atomic E-state index is 0.573. The molecular weight excluding hydrogens is 232 g/mol. The second kappa shape index (κ2) is 5.32. The Hall–Kier alpha value is -2.06. The van der Waals surface area contributed by atoms with E-state index in [1.807, 2.05) is 42.8 Å². The number of rotatable bonds is 1. The van der Waals surface area contributed by atoms with E-state index in [0.717, 1.165) is 16.6 Å². The molecule has 0 atom stereocenters. The summed E-state index contributed by atoms with van der Waals surface area (Å²) in [4.78, 5) is 8.66. The van der Waals surface area contributed by atoms with E-state index in [-0.39, 0.29) is 0 Å². The Labute approximate surface area is 103 Å². The monoisotopic (exact) mass is 242 g/mol. The maximum Gasteiger partial charge on any atom is 0.183 e. The normalized spacial score (nSPS) is 11.2. The smallest absolute Gasteiger partial charge is 0.183 e. The van der Waals surface area contributed by atoms with Crippen molar-refractivity contribution in [2.75, 3.05) is 6.26 Å². The Balaban J connectivity index is 2.52. The van der Waals surface area contributed by atoms with Crippen LogP contribution in [0.3, 0.4) is 0 Å². The third-order valence-electron chi connectivity index (χ3n) is 2.20. The predicted molar refractivity (Wildman–Crippen MR) is 71.1 cm³/mol. The van der Waals surface area contributed by atoms with Gasteiger partial charge in [-0.2, -0.15) is 5.26 Å². The summed E-state index contributed by atoms with van der Waals surface area (Å²) in [6.07, 6.45) is 5.49.